The number of ether oxygens (including phenoxy) is 1. The van der Waals surface area contributed by atoms with Crippen molar-refractivity contribution >= 4 is 17.6 Å². The van der Waals surface area contributed by atoms with Gasteiger partial charge >= 0.3 is 17.8 Å². The predicted octanol–water partition coefficient (Wildman–Crippen LogP) is 3.71. The van der Waals surface area contributed by atoms with E-state index in [-0.39, 0.29) is 29.5 Å². The molecule has 1 atom stereocenters. The molecule has 0 unspecified atom stereocenters. The fourth-order valence-corrected chi connectivity index (χ4v) is 5.55. The summed E-state index contributed by atoms with van der Waals surface area (Å²) in [5, 5.41) is 25.7. The molecule has 0 saturated carbocycles. The molecule has 0 aliphatic carbocycles. The second kappa shape index (κ2) is 12.2. The highest BCUT2D eigenvalue weighted by atomic mass is 19.4. The molecule has 226 valence electrons. The van der Waals surface area contributed by atoms with E-state index in [2.05, 4.69) is 16.3 Å². The van der Waals surface area contributed by atoms with Crippen LogP contribution in [0.15, 0.2) is 82.9 Å². The monoisotopic (exact) mass is 605 g/mol. The quantitative estimate of drug-likeness (QED) is 0.232. The smallest absolute Gasteiger partial charge is 0.416 e. The topological polar surface area (TPSA) is 128 Å². The molecule has 0 radical (unpaired) electrons. The van der Waals surface area contributed by atoms with Gasteiger partial charge in [-0.05, 0) is 48.4 Å². The lowest BCUT2D eigenvalue weighted by atomic mass is 9.89. The van der Waals surface area contributed by atoms with Crippen LogP contribution in [0.5, 0.6) is 0 Å². The number of H-pyrrole nitrogens is 1. The number of aliphatic hydroxyl groups is 1. The number of esters is 1. The Morgan fingerprint density at radius 2 is 1.95 bits per heavy atom. The first-order chi connectivity index (χ1) is 21.1. The van der Waals surface area contributed by atoms with Crippen LogP contribution in [0.25, 0.3) is 0 Å². The number of carbonyl (C=O) groups is 1. The molecule has 0 amide bonds. The van der Waals surface area contributed by atoms with Gasteiger partial charge < -0.3 is 9.84 Å². The van der Waals surface area contributed by atoms with Crippen LogP contribution in [0.4, 0.5) is 24.8 Å². The highest BCUT2D eigenvalue weighted by Gasteiger charge is 2.41. The fourth-order valence-electron chi connectivity index (χ4n) is 5.55. The number of allylic oxidation sites excluding steroid dienone is 1. The number of aromatic amines is 1. The third-order valence-electron chi connectivity index (χ3n) is 7.57. The number of rotatable bonds is 8. The minimum atomic E-state index is -4.63. The van der Waals surface area contributed by atoms with Gasteiger partial charge in [-0.3, -0.25) is 4.90 Å². The number of methoxy groups -OCH3 is 1. The second-order valence-electron chi connectivity index (χ2n) is 10.1. The molecule has 10 nitrogen and oxygen atoms in total. The average Bonchev–Trinajstić information content (AvgIpc) is 3.39. The van der Waals surface area contributed by atoms with Crippen LogP contribution in [0.2, 0.25) is 0 Å². The first kappa shape index (κ1) is 30.2. The first-order valence-corrected chi connectivity index (χ1v) is 13.6. The summed E-state index contributed by atoms with van der Waals surface area (Å²) >= 11 is 0. The number of pyridine rings is 1. The van der Waals surface area contributed by atoms with Gasteiger partial charge in [-0.25, -0.2) is 23.8 Å². The molecule has 1 aliphatic heterocycles. The summed E-state index contributed by atoms with van der Waals surface area (Å²) in [6.07, 6.45) is -1.95. The van der Waals surface area contributed by atoms with Gasteiger partial charge in [0.05, 0.1) is 42.9 Å². The molecule has 13 heteroatoms. The number of alkyl halides is 3. The summed E-state index contributed by atoms with van der Waals surface area (Å²) in [4.78, 5) is 28.1. The Balaban J connectivity index is 1.69. The number of benzene rings is 2. The van der Waals surface area contributed by atoms with Crippen LogP contribution in [0.1, 0.15) is 40.9 Å². The normalized spacial score (nSPS) is 14.8. The van der Waals surface area contributed by atoms with E-state index >= 15 is 0 Å². The van der Waals surface area contributed by atoms with Gasteiger partial charge in [-0.15, -0.1) is 5.10 Å². The Morgan fingerprint density at radius 1 is 1.16 bits per heavy atom. The number of nitrogens with zero attached hydrogens (tertiary/aromatic N) is 5. The lowest BCUT2D eigenvalue weighted by Gasteiger charge is -2.36. The van der Waals surface area contributed by atoms with Crippen molar-refractivity contribution in [2.24, 2.45) is 0 Å². The first-order valence-electron chi connectivity index (χ1n) is 13.6. The Labute approximate surface area is 249 Å². The minimum Gasteiger partial charge on any atom is -0.466 e. The zero-order chi connectivity index (χ0) is 31.6. The van der Waals surface area contributed by atoms with Crippen LogP contribution in [0.3, 0.4) is 0 Å². The van der Waals surface area contributed by atoms with Crippen LogP contribution in [-0.2, 0) is 35.1 Å². The number of nitrogens with one attached hydrogen (secondary N) is 1. The Bertz CT molecular complexity index is 1850. The van der Waals surface area contributed by atoms with Crippen molar-refractivity contribution < 1.29 is 32.4 Å². The molecular formula is C31H28F3N6O4+. The van der Waals surface area contributed by atoms with Crippen molar-refractivity contribution in [1.29, 1.82) is 5.26 Å². The Morgan fingerprint density at radius 3 is 2.66 bits per heavy atom. The molecule has 2 aromatic carbocycles. The second-order valence-corrected chi connectivity index (χ2v) is 10.1. The van der Waals surface area contributed by atoms with E-state index in [4.69, 9.17) is 4.74 Å². The highest BCUT2D eigenvalue weighted by Crippen LogP contribution is 2.43. The molecule has 2 N–H and O–H groups in total. The Kier molecular flexibility index (Phi) is 8.37. The molecule has 0 saturated heterocycles. The zero-order valence-corrected chi connectivity index (χ0v) is 23.8. The number of fused-ring (bicyclic) bond motifs is 1. The lowest BCUT2D eigenvalue weighted by Crippen LogP contribution is -2.40. The zero-order valence-electron chi connectivity index (χ0n) is 23.8. The molecule has 2 aromatic heterocycles. The molecule has 1 aliphatic rings. The van der Waals surface area contributed by atoms with E-state index in [1.165, 1.54) is 28.7 Å². The van der Waals surface area contributed by atoms with Crippen LogP contribution < -0.4 is 15.2 Å². The molecule has 5 rings (SSSR count). The summed E-state index contributed by atoms with van der Waals surface area (Å²) in [7, 11) is 1.18. The lowest BCUT2D eigenvalue weighted by molar-refractivity contribution is -0.703. The fraction of sp³-hybridized carbons (Fsp3) is 0.258. The number of halogens is 3. The van der Waals surface area contributed by atoms with Crippen LogP contribution in [-0.4, -0.2) is 39.6 Å². The maximum atomic E-state index is 13.6. The average molecular weight is 606 g/mol. The van der Waals surface area contributed by atoms with E-state index in [0.29, 0.717) is 36.1 Å². The number of nitriles is 1. The van der Waals surface area contributed by atoms with Crippen molar-refractivity contribution in [1.82, 2.24) is 14.8 Å². The van der Waals surface area contributed by atoms with Crippen molar-refractivity contribution in [3.8, 4) is 6.07 Å². The van der Waals surface area contributed by atoms with E-state index in [1.54, 1.807) is 25.1 Å². The molecule has 0 fully saturated rings. The molecular weight excluding hydrogens is 577 g/mol. The van der Waals surface area contributed by atoms with Crippen molar-refractivity contribution in [2.45, 2.75) is 38.5 Å². The SMILES string of the molecule is COC(=O)C1=C(C)N(c2cccc(C(F)(F)F)c2)c2n[nH]c(=O)n2[C@@H]1c1ccc(C#N)cc1CC[n+]1ccccc1CCO. The van der Waals surface area contributed by atoms with Crippen molar-refractivity contribution in [3.05, 3.63) is 117 Å². The van der Waals surface area contributed by atoms with Gasteiger partial charge in [0, 0.05) is 29.9 Å². The summed E-state index contributed by atoms with van der Waals surface area (Å²) in [6.45, 7) is 1.96. The number of carbonyl (C=O) groups excluding carboxylic acids is 1. The highest BCUT2D eigenvalue weighted by molar-refractivity contribution is 5.93. The van der Waals surface area contributed by atoms with Gasteiger partial charge in [0.2, 0.25) is 5.95 Å². The van der Waals surface area contributed by atoms with Gasteiger partial charge in [-0.2, -0.15) is 18.4 Å². The van der Waals surface area contributed by atoms with E-state index < -0.39 is 29.4 Å². The number of aromatic nitrogens is 4. The number of hydrogen-bond acceptors (Lipinski definition) is 7. The van der Waals surface area contributed by atoms with Gasteiger partial charge in [-0.1, -0.05) is 18.2 Å². The number of aliphatic hydroxyl groups excluding tert-OH is 1. The molecule has 44 heavy (non-hydrogen) atoms. The van der Waals surface area contributed by atoms with Crippen LogP contribution >= 0.6 is 0 Å². The molecule has 3 heterocycles. The third-order valence-corrected chi connectivity index (χ3v) is 7.57. The summed E-state index contributed by atoms with van der Waals surface area (Å²) in [5.41, 5.74) is 1.07. The number of anilines is 2. The summed E-state index contributed by atoms with van der Waals surface area (Å²) in [6, 6.07) is 16.1. The van der Waals surface area contributed by atoms with Gasteiger partial charge in [0.25, 0.3) is 0 Å². The van der Waals surface area contributed by atoms with Gasteiger partial charge in [0.1, 0.15) is 6.04 Å². The molecule has 4 aromatic rings. The minimum absolute atomic E-state index is 0.0141. The van der Waals surface area contributed by atoms with E-state index in [9.17, 15) is 33.1 Å². The number of aryl methyl sites for hydroxylation is 2. The Hall–Kier alpha value is -5.22. The van der Waals surface area contributed by atoms with Gasteiger partial charge in [0.15, 0.2) is 18.4 Å². The summed E-state index contributed by atoms with van der Waals surface area (Å²) in [5.74, 6) is -0.816. The van der Waals surface area contributed by atoms with E-state index in [0.717, 1.165) is 17.8 Å². The third kappa shape index (κ3) is 5.59. The summed E-state index contributed by atoms with van der Waals surface area (Å²) < 4.78 is 49.2. The predicted molar refractivity (Wildman–Crippen MR) is 152 cm³/mol. The van der Waals surface area contributed by atoms with Crippen molar-refractivity contribution in [3.63, 3.8) is 0 Å². The van der Waals surface area contributed by atoms with E-state index in [1.807, 2.05) is 29.0 Å². The molecule has 0 spiro atoms. The number of hydrogen-bond donors (Lipinski definition) is 2. The molecule has 0 bridgehead atoms. The maximum absolute atomic E-state index is 13.6. The maximum Gasteiger partial charge on any atom is 0.416 e. The van der Waals surface area contributed by atoms with Crippen molar-refractivity contribution in [2.75, 3.05) is 18.6 Å². The largest absolute Gasteiger partial charge is 0.466 e. The van der Waals surface area contributed by atoms with Crippen LogP contribution in [0, 0.1) is 11.3 Å². The standard InChI is InChI=1S/C31H27F3N6O4/c1-19-26(28(42)44-2)27(40-29(36-37-30(40)43)39(19)24-8-5-6-22(17-24)31(32,33)34)25-10-9-20(18-35)16-21(25)11-14-38-13-4-3-7-23(38)12-15-41/h3-10,13,16-17,27,41H,11-12,14-15H2,1-2H3/p+1/t27-/m1/s1.